The highest BCUT2D eigenvalue weighted by Gasteiger charge is 2.19. The largest absolute Gasteiger partial charge is 0.462 e. The molecule has 0 fully saturated rings. The fourth-order valence-corrected chi connectivity index (χ4v) is 7.99. The highest BCUT2D eigenvalue weighted by molar-refractivity contribution is 5.71. The van der Waals surface area contributed by atoms with E-state index in [2.05, 4.69) is 34.6 Å². The van der Waals surface area contributed by atoms with Crippen molar-refractivity contribution >= 4 is 17.9 Å². The van der Waals surface area contributed by atoms with Crippen LogP contribution in [0.5, 0.6) is 0 Å². The molecule has 0 rings (SSSR count). The van der Waals surface area contributed by atoms with Crippen LogP contribution in [0.3, 0.4) is 0 Å². The quantitative estimate of drug-likeness (QED) is 0.0345. The minimum absolute atomic E-state index is 0.0635. The average molecular weight is 835 g/mol. The van der Waals surface area contributed by atoms with Crippen molar-refractivity contribution in [1.29, 1.82) is 0 Å². The molecule has 0 aliphatic heterocycles. The Kier molecular flexibility index (Phi) is 44.7. The summed E-state index contributed by atoms with van der Waals surface area (Å²) in [5, 5.41) is 0. The SMILES string of the molecule is CCCCCCCCCCCCCCC(=O)O[C@H](COC(=O)CCCCCCCCCCCCCCCC(C)C)COC(=O)CCCCCCCCCCCCC(C)C. The van der Waals surface area contributed by atoms with Crippen molar-refractivity contribution in [3.63, 3.8) is 0 Å². The molecule has 350 valence electrons. The molecule has 0 aliphatic rings. The molecule has 0 aromatic heterocycles. The van der Waals surface area contributed by atoms with Crippen LogP contribution < -0.4 is 0 Å². The lowest BCUT2D eigenvalue weighted by Crippen LogP contribution is -2.30. The second kappa shape index (κ2) is 45.9. The van der Waals surface area contributed by atoms with Gasteiger partial charge in [0.15, 0.2) is 6.10 Å². The van der Waals surface area contributed by atoms with Gasteiger partial charge in [-0.2, -0.15) is 0 Å². The second-order valence-corrected chi connectivity index (χ2v) is 19.1. The molecular formula is C53H102O6. The van der Waals surface area contributed by atoms with Crippen LogP contribution in [0.1, 0.15) is 291 Å². The van der Waals surface area contributed by atoms with E-state index in [1.807, 2.05) is 0 Å². The van der Waals surface area contributed by atoms with Crippen molar-refractivity contribution in [2.45, 2.75) is 298 Å². The van der Waals surface area contributed by atoms with Crippen LogP contribution in [-0.4, -0.2) is 37.2 Å². The van der Waals surface area contributed by atoms with Gasteiger partial charge in [0.1, 0.15) is 13.2 Å². The predicted octanol–water partition coefficient (Wildman–Crippen LogP) is 16.9. The van der Waals surface area contributed by atoms with Crippen molar-refractivity contribution in [3.8, 4) is 0 Å². The van der Waals surface area contributed by atoms with E-state index in [-0.39, 0.29) is 31.1 Å². The zero-order chi connectivity index (χ0) is 43.3. The van der Waals surface area contributed by atoms with E-state index >= 15 is 0 Å². The summed E-state index contributed by atoms with van der Waals surface area (Å²) in [6.07, 6.45) is 46.6. The fraction of sp³-hybridized carbons (Fsp3) is 0.943. The number of hydrogen-bond donors (Lipinski definition) is 0. The van der Waals surface area contributed by atoms with Crippen molar-refractivity contribution in [2.75, 3.05) is 13.2 Å². The average Bonchev–Trinajstić information content (AvgIpc) is 3.20. The van der Waals surface area contributed by atoms with Crippen LogP contribution in [0.25, 0.3) is 0 Å². The summed E-state index contributed by atoms with van der Waals surface area (Å²) in [5.74, 6) is 0.811. The number of rotatable bonds is 47. The van der Waals surface area contributed by atoms with Gasteiger partial charge in [-0.1, -0.05) is 253 Å². The Morgan fingerprint density at radius 3 is 0.831 bits per heavy atom. The van der Waals surface area contributed by atoms with E-state index < -0.39 is 6.10 Å². The molecule has 0 saturated carbocycles. The maximum atomic E-state index is 12.8. The number of carbonyl (C=O) groups excluding carboxylic acids is 3. The van der Waals surface area contributed by atoms with E-state index in [4.69, 9.17) is 14.2 Å². The Morgan fingerprint density at radius 1 is 0.322 bits per heavy atom. The van der Waals surface area contributed by atoms with Crippen molar-refractivity contribution in [2.24, 2.45) is 11.8 Å². The highest BCUT2D eigenvalue weighted by atomic mass is 16.6. The zero-order valence-electron chi connectivity index (χ0n) is 40.4. The summed E-state index contributed by atoms with van der Waals surface area (Å²) >= 11 is 0. The lowest BCUT2D eigenvalue weighted by atomic mass is 10.0. The van der Waals surface area contributed by atoms with Gasteiger partial charge in [-0.15, -0.1) is 0 Å². The third-order valence-corrected chi connectivity index (χ3v) is 12.0. The summed E-state index contributed by atoms with van der Waals surface area (Å²) in [5.41, 5.74) is 0. The maximum absolute atomic E-state index is 12.8. The lowest BCUT2D eigenvalue weighted by molar-refractivity contribution is -0.167. The summed E-state index contributed by atoms with van der Waals surface area (Å²) in [6, 6.07) is 0. The molecule has 0 saturated heterocycles. The van der Waals surface area contributed by atoms with Gasteiger partial charge in [0, 0.05) is 19.3 Å². The van der Waals surface area contributed by atoms with Crippen LogP contribution in [0.15, 0.2) is 0 Å². The minimum Gasteiger partial charge on any atom is -0.462 e. The van der Waals surface area contributed by atoms with E-state index in [9.17, 15) is 14.4 Å². The summed E-state index contributed by atoms with van der Waals surface area (Å²) in [6.45, 7) is 11.4. The first-order chi connectivity index (χ1) is 28.7. The number of carbonyl (C=O) groups is 3. The first-order valence-electron chi connectivity index (χ1n) is 26.2. The fourth-order valence-electron chi connectivity index (χ4n) is 7.99. The van der Waals surface area contributed by atoms with Crippen molar-refractivity contribution in [3.05, 3.63) is 0 Å². The molecule has 0 heterocycles. The van der Waals surface area contributed by atoms with Gasteiger partial charge < -0.3 is 14.2 Å². The topological polar surface area (TPSA) is 78.9 Å². The molecule has 0 aromatic carbocycles. The van der Waals surface area contributed by atoms with Crippen LogP contribution in [0.2, 0.25) is 0 Å². The Morgan fingerprint density at radius 2 is 0.559 bits per heavy atom. The molecule has 0 spiro atoms. The van der Waals surface area contributed by atoms with E-state index in [1.165, 1.54) is 180 Å². The smallest absolute Gasteiger partial charge is 0.306 e. The summed E-state index contributed by atoms with van der Waals surface area (Å²) < 4.78 is 16.8. The van der Waals surface area contributed by atoms with Crippen LogP contribution >= 0.6 is 0 Å². The molecule has 0 bridgehead atoms. The monoisotopic (exact) mass is 835 g/mol. The number of hydrogen-bond acceptors (Lipinski definition) is 6. The molecule has 0 amide bonds. The lowest BCUT2D eigenvalue weighted by Gasteiger charge is -2.18. The number of ether oxygens (including phenoxy) is 3. The predicted molar refractivity (Wildman–Crippen MR) is 252 cm³/mol. The molecule has 6 heteroatoms. The third kappa shape index (κ3) is 47.3. The van der Waals surface area contributed by atoms with Crippen LogP contribution in [0, 0.1) is 11.8 Å². The van der Waals surface area contributed by atoms with Gasteiger partial charge >= 0.3 is 17.9 Å². The van der Waals surface area contributed by atoms with E-state index in [0.29, 0.717) is 19.3 Å². The molecule has 0 aromatic rings. The maximum Gasteiger partial charge on any atom is 0.306 e. The Bertz CT molecular complexity index is 900. The Labute approximate surface area is 368 Å². The molecule has 6 nitrogen and oxygen atoms in total. The highest BCUT2D eigenvalue weighted by Crippen LogP contribution is 2.17. The second-order valence-electron chi connectivity index (χ2n) is 19.1. The molecule has 0 unspecified atom stereocenters. The van der Waals surface area contributed by atoms with E-state index in [1.54, 1.807) is 0 Å². The van der Waals surface area contributed by atoms with Crippen molar-refractivity contribution in [1.82, 2.24) is 0 Å². The van der Waals surface area contributed by atoms with Crippen LogP contribution in [-0.2, 0) is 28.6 Å². The van der Waals surface area contributed by atoms with Crippen molar-refractivity contribution < 1.29 is 28.6 Å². The first-order valence-corrected chi connectivity index (χ1v) is 26.2. The normalized spacial score (nSPS) is 12.1. The van der Waals surface area contributed by atoms with Gasteiger partial charge in [-0.25, -0.2) is 0 Å². The first kappa shape index (κ1) is 57.4. The zero-order valence-corrected chi connectivity index (χ0v) is 40.4. The van der Waals surface area contributed by atoms with Gasteiger partial charge in [0.25, 0.3) is 0 Å². The molecule has 0 N–H and O–H groups in total. The molecule has 0 aliphatic carbocycles. The number of esters is 3. The summed E-state index contributed by atoms with van der Waals surface area (Å²) in [4.78, 5) is 37.9. The third-order valence-electron chi connectivity index (χ3n) is 12.0. The van der Waals surface area contributed by atoms with Gasteiger partial charge in [-0.3, -0.25) is 14.4 Å². The van der Waals surface area contributed by atoms with Gasteiger partial charge in [0.2, 0.25) is 0 Å². The minimum atomic E-state index is -0.761. The Hall–Kier alpha value is -1.59. The van der Waals surface area contributed by atoms with Gasteiger partial charge in [-0.05, 0) is 31.1 Å². The van der Waals surface area contributed by atoms with Crippen LogP contribution in [0.4, 0.5) is 0 Å². The molecule has 59 heavy (non-hydrogen) atoms. The summed E-state index contributed by atoms with van der Waals surface area (Å²) in [7, 11) is 0. The molecule has 1 atom stereocenters. The van der Waals surface area contributed by atoms with E-state index in [0.717, 1.165) is 69.6 Å². The molecule has 0 radical (unpaired) electrons. The Balaban J connectivity index is 4.30. The standard InChI is InChI=1S/C53H102O6/c1-6-7-8-9-10-11-12-17-25-30-35-40-45-53(56)59-50(47-58-52(55)44-39-34-29-24-20-19-22-27-32-37-42-49(4)5)46-57-51(54)43-38-33-28-23-18-15-13-14-16-21-26-31-36-41-48(2)3/h48-50H,6-47H2,1-5H3/t50-/m1/s1. The van der Waals surface area contributed by atoms with Gasteiger partial charge in [0.05, 0.1) is 0 Å². The molecular weight excluding hydrogens is 733 g/mol. The number of unbranched alkanes of at least 4 members (excludes halogenated alkanes) is 32.